The molecular formula is C25H27F3N2O4. The quantitative estimate of drug-likeness (QED) is 0.524. The van der Waals surface area contributed by atoms with E-state index in [1.165, 1.54) is 18.2 Å². The number of nitrogens with one attached hydrogen (secondary N) is 1. The maximum absolute atomic E-state index is 15.1. The lowest BCUT2D eigenvalue weighted by molar-refractivity contribution is -0.286. The molecule has 1 amide bonds. The molecule has 1 aromatic heterocycles. The van der Waals surface area contributed by atoms with Crippen molar-refractivity contribution < 1.29 is 34.0 Å². The van der Waals surface area contributed by atoms with Gasteiger partial charge in [-0.25, -0.2) is 4.39 Å². The first-order valence-corrected chi connectivity index (χ1v) is 11.1. The van der Waals surface area contributed by atoms with Crippen LogP contribution in [0.3, 0.4) is 0 Å². The SMILES string of the molecule is CC(C)(C)c1cc2cc(NC(=O)C3(c4ccc5c(c4)OC(F)(F)O5)CC3)c(F)cc2n1CCO.[HH]. The largest absolute Gasteiger partial charge is 0.586 e. The van der Waals surface area contributed by atoms with Gasteiger partial charge in [0, 0.05) is 30.5 Å². The third kappa shape index (κ3) is 3.68. The standard InChI is InChI=1S/C25H25F3N2O4.H2/c1-23(2,3)21-11-14-10-17(16(26)13-18(14)30(21)8-9-31)29-22(32)24(6-7-24)15-4-5-19-20(12-15)34-25(27,28)33-19;/h4-5,10-13,31H,6-9H2,1-3H3,(H,29,32);1H. The molecule has 34 heavy (non-hydrogen) atoms. The van der Waals surface area contributed by atoms with Gasteiger partial charge in [0.2, 0.25) is 5.91 Å². The summed E-state index contributed by atoms with van der Waals surface area (Å²) in [5, 5.41) is 12.9. The van der Waals surface area contributed by atoms with Crippen molar-refractivity contribution in [2.24, 2.45) is 0 Å². The van der Waals surface area contributed by atoms with Crippen LogP contribution in [-0.2, 0) is 22.2 Å². The number of aromatic nitrogens is 1. The van der Waals surface area contributed by atoms with Gasteiger partial charge in [0.25, 0.3) is 0 Å². The van der Waals surface area contributed by atoms with Crippen molar-refractivity contribution in [1.82, 2.24) is 4.57 Å². The third-order valence-corrected chi connectivity index (χ3v) is 6.47. The summed E-state index contributed by atoms with van der Waals surface area (Å²) in [4.78, 5) is 13.2. The van der Waals surface area contributed by atoms with E-state index in [1.54, 1.807) is 12.1 Å². The second kappa shape index (κ2) is 7.40. The highest BCUT2D eigenvalue weighted by Gasteiger charge is 2.53. The van der Waals surface area contributed by atoms with Crippen LogP contribution in [0.1, 0.15) is 46.3 Å². The van der Waals surface area contributed by atoms with Gasteiger partial charge in [0.05, 0.1) is 23.2 Å². The molecule has 5 rings (SSSR count). The number of benzene rings is 2. The van der Waals surface area contributed by atoms with Crippen LogP contribution in [0.4, 0.5) is 18.9 Å². The van der Waals surface area contributed by atoms with Crippen LogP contribution in [0.15, 0.2) is 36.4 Å². The van der Waals surface area contributed by atoms with E-state index >= 15 is 4.39 Å². The summed E-state index contributed by atoms with van der Waals surface area (Å²) >= 11 is 0. The maximum Gasteiger partial charge on any atom is 0.586 e. The van der Waals surface area contributed by atoms with E-state index in [2.05, 4.69) is 14.8 Å². The molecule has 1 aliphatic heterocycles. The Balaban J connectivity index is 0.00000289. The number of carbonyl (C=O) groups excluding carboxylic acids is 1. The summed E-state index contributed by atoms with van der Waals surface area (Å²) in [5.74, 6) is -1.24. The Kier molecular flexibility index (Phi) is 4.91. The number of aliphatic hydroxyl groups is 1. The van der Waals surface area contributed by atoms with Crippen molar-refractivity contribution in [3.8, 4) is 11.5 Å². The van der Waals surface area contributed by atoms with Gasteiger partial charge in [0.1, 0.15) is 5.82 Å². The topological polar surface area (TPSA) is 72.7 Å². The number of hydrogen-bond acceptors (Lipinski definition) is 4. The van der Waals surface area contributed by atoms with Gasteiger partial charge in [-0.15, -0.1) is 8.78 Å². The Morgan fingerprint density at radius 3 is 2.50 bits per heavy atom. The molecule has 2 N–H and O–H groups in total. The molecule has 1 saturated carbocycles. The number of hydrogen-bond donors (Lipinski definition) is 2. The van der Waals surface area contributed by atoms with Crippen molar-refractivity contribution in [2.45, 2.75) is 57.3 Å². The summed E-state index contributed by atoms with van der Waals surface area (Å²) in [5.41, 5.74) is 0.940. The Hall–Kier alpha value is -3.20. The number of carbonyl (C=O) groups is 1. The molecule has 0 radical (unpaired) electrons. The predicted molar refractivity (Wildman–Crippen MR) is 122 cm³/mol. The molecule has 0 bridgehead atoms. The van der Waals surface area contributed by atoms with E-state index in [4.69, 9.17) is 0 Å². The molecule has 6 nitrogen and oxygen atoms in total. The fraction of sp³-hybridized carbons (Fsp3) is 0.400. The van der Waals surface area contributed by atoms with Gasteiger partial charge >= 0.3 is 6.29 Å². The number of ether oxygens (including phenoxy) is 2. The van der Waals surface area contributed by atoms with Crippen molar-refractivity contribution >= 4 is 22.5 Å². The summed E-state index contributed by atoms with van der Waals surface area (Å²) in [6.45, 7) is 6.34. The van der Waals surface area contributed by atoms with Crippen LogP contribution < -0.4 is 14.8 Å². The van der Waals surface area contributed by atoms with Gasteiger partial charge < -0.3 is 24.5 Å². The average molecular weight is 476 g/mol. The Morgan fingerprint density at radius 1 is 1.15 bits per heavy atom. The number of halogens is 3. The van der Waals surface area contributed by atoms with Crippen molar-refractivity contribution in [2.75, 3.05) is 11.9 Å². The third-order valence-electron chi connectivity index (χ3n) is 6.47. The zero-order valence-electron chi connectivity index (χ0n) is 19.0. The molecule has 2 aromatic carbocycles. The molecule has 3 aromatic rings. The van der Waals surface area contributed by atoms with E-state index in [0.29, 0.717) is 30.5 Å². The lowest BCUT2D eigenvalue weighted by Gasteiger charge is -2.21. The molecule has 2 heterocycles. The maximum atomic E-state index is 15.1. The molecule has 0 saturated heterocycles. The molecule has 0 spiro atoms. The number of amides is 1. The van der Waals surface area contributed by atoms with Crippen LogP contribution in [-0.4, -0.2) is 28.5 Å². The molecule has 1 fully saturated rings. The molecule has 2 aliphatic rings. The average Bonchev–Trinajstić information content (AvgIpc) is 3.39. The normalized spacial score (nSPS) is 17.7. The van der Waals surface area contributed by atoms with E-state index < -0.39 is 23.4 Å². The minimum absolute atomic E-state index is 0. The Morgan fingerprint density at radius 2 is 1.85 bits per heavy atom. The minimum Gasteiger partial charge on any atom is -0.395 e. The minimum atomic E-state index is -3.74. The lowest BCUT2D eigenvalue weighted by atomic mass is 9.92. The van der Waals surface area contributed by atoms with Gasteiger partial charge in [-0.1, -0.05) is 26.8 Å². The number of nitrogens with zero attached hydrogens (tertiary/aromatic N) is 1. The van der Waals surface area contributed by atoms with Crippen LogP contribution in [0.5, 0.6) is 11.5 Å². The summed E-state index contributed by atoms with van der Waals surface area (Å²) < 4.78 is 52.6. The van der Waals surface area contributed by atoms with Crippen LogP contribution in [0.25, 0.3) is 10.9 Å². The second-order valence-corrected chi connectivity index (χ2v) is 9.91. The number of alkyl halides is 2. The van der Waals surface area contributed by atoms with Crippen LogP contribution in [0.2, 0.25) is 0 Å². The summed E-state index contributed by atoms with van der Waals surface area (Å²) in [6, 6.07) is 9.17. The first kappa shape index (κ1) is 22.6. The number of rotatable bonds is 5. The first-order chi connectivity index (χ1) is 15.9. The Bertz CT molecular complexity index is 1310. The van der Waals surface area contributed by atoms with Crippen molar-refractivity contribution in [1.29, 1.82) is 0 Å². The number of fused-ring (bicyclic) bond motifs is 2. The number of aliphatic hydroxyl groups excluding tert-OH is 1. The fourth-order valence-corrected chi connectivity index (χ4v) is 4.60. The van der Waals surface area contributed by atoms with E-state index in [9.17, 15) is 18.7 Å². The second-order valence-electron chi connectivity index (χ2n) is 9.91. The van der Waals surface area contributed by atoms with E-state index in [1.807, 2.05) is 31.4 Å². The van der Waals surface area contributed by atoms with Gasteiger partial charge in [-0.05, 0) is 42.7 Å². The molecule has 182 valence electrons. The molecular weight excluding hydrogens is 449 g/mol. The van der Waals surface area contributed by atoms with Crippen LogP contribution >= 0.6 is 0 Å². The van der Waals surface area contributed by atoms with Crippen LogP contribution in [0, 0.1) is 5.82 Å². The van der Waals surface area contributed by atoms with Gasteiger partial charge in [-0.3, -0.25) is 4.79 Å². The lowest BCUT2D eigenvalue weighted by Crippen LogP contribution is -2.28. The molecule has 1 aliphatic carbocycles. The fourth-order valence-electron chi connectivity index (χ4n) is 4.60. The molecule has 0 unspecified atom stereocenters. The van der Waals surface area contributed by atoms with E-state index in [-0.39, 0.29) is 30.6 Å². The monoisotopic (exact) mass is 476 g/mol. The molecule has 9 heteroatoms. The smallest absolute Gasteiger partial charge is 0.395 e. The van der Waals surface area contributed by atoms with E-state index in [0.717, 1.165) is 11.1 Å². The number of anilines is 1. The van der Waals surface area contributed by atoms with Crippen molar-refractivity contribution in [3.63, 3.8) is 0 Å². The highest BCUT2D eigenvalue weighted by Crippen LogP contribution is 2.52. The highest BCUT2D eigenvalue weighted by atomic mass is 19.3. The van der Waals surface area contributed by atoms with Gasteiger partial charge in [-0.2, -0.15) is 0 Å². The zero-order valence-corrected chi connectivity index (χ0v) is 19.0. The predicted octanol–water partition coefficient (Wildman–Crippen LogP) is 5.31. The summed E-state index contributed by atoms with van der Waals surface area (Å²) in [6.07, 6.45) is -2.74. The zero-order chi connectivity index (χ0) is 24.5. The first-order valence-electron chi connectivity index (χ1n) is 11.1. The Labute approximate surface area is 195 Å². The van der Waals surface area contributed by atoms with Crippen molar-refractivity contribution in [3.05, 3.63) is 53.5 Å². The summed E-state index contributed by atoms with van der Waals surface area (Å²) in [7, 11) is 0. The molecule has 0 atom stereocenters. The highest BCUT2D eigenvalue weighted by molar-refractivity contribution is 6.02. The van der Waals surface area contributed by atoms with Gasteiger partial charge in [0.15, 0.2) is 11.5 Å².